The lowest BCUT2D eigenvalue weighted by atomic mass is 9.98. The number of thioether (sulfide) groups is 1. The molecular formula is C31H44N4O4S2. The van der Waals surface area contributed by atoms with Crippen LogP contribution in [0, 0.1) is 24.2 Å². The summed E-state index contributed by atoms with van der Waals surface area (Å²) in [5.74, 6) is 0.471. The van der Waals surface area contributed by atoms with Crippen LogP contribution in [-0.2, 0) is 16.1 Å². The van der Waals surface area contributed by atoms with Crippen LogP contribution in [0.25, 0.3) is 6.08 Å². The topological polar surface area (TPSA) is 107 Å². The highest BCUT2D eigenvalue weighted by atomic mass is 32.2. The van der Waals surface area contributed by atoms with Crippen molar-refractivity contribution in [2.24, 2.45) is 5.92 Å². The number of aromatic nitrogens is 1. The number of amides is 1. The molecule has 41 heavy (non-hydrogen) atoms. The first kappa shape index (κ1) is 32.9. The van der Waals surface area contributed by atoms with Gasteiger partial charge < -0.3 is 10.0 Å². The van der Waals surface area contributed by atoms with Gasteiger partial charge in [-0.2, -0.15) is 5.26 Å². The fourth-order valence-corrected chi connectivity index (χ4v) is 7.02. The molecule has 0 radical (unpaired) electrons. The molecular weight excluding hydrogens is 556 g/mol. The number of piperidine rings is 1. The van der Waals surface area contributed by atoms with E-state index >= 15 is 0 Å². The van der Waals surface area contributed by atoms with Gasteiger partial charge in [-0.1, -0.05) is 76.4 Å². The van der Waals surface area contributed by atoms with Gasteiger partial charge in [0.05, 0.1) is 4.91 Å². The Balaban J connectivity index is 1.73. The SMILES string of the molecule is CCCn1c(N2CCCC(C)C2)c(/C=C2\SC(=S)N(CCCCCCCCCCC(=O)O)C2=O)c(C)c(C#N)c1=O. The lowest BCUT2D eigenvalue weighted by Gasteiger charge is -2.36. The summed E-state index contributed by atoms with van der Waals surface area (Å²) < 4.78 is 2.29. The standard InChI is InChI=1S/C31H44N4O4S2/c1-4-16-34-28(33-17-13-14-22(2)21-33)24(23(3)25(20-32)29(34)38)19-26-30(39)35(31(40)41-26)18-12-10-8-6-5-7-9-11-15-27(36)37/h19,22H,4-18,21H2,1-3H3,(H,36,37)/b26-19-. The molecule has 0 bridgehead atoms. The molecule has 1 aromatic heterocycles. The number of pyridine rings is 1. The molecule has 1 N–H and O–H groups in total. The molecule has 1 aromatic rings. The van der Waals surface area contributed by atoms with Crippen molar-refractivity contribution in [2.45, 2.75) is 104 Å². The average Bonchev–Trinajstić information content (AvgIpc) is 3.19. The highest BCUT2D eigenvalue weighted by Gasteiger charge is 2.33. The third-order valence-corrected chi connectivity index (χ3v) is 9.30. The summed E-state index contributed by atoms with van der Waals surface area (Å²) in [5.41, 5.74) is 1.26. The van der Waals surface area contributed by atoms with Crippen molar-refractivity contribution in [1.29, 1.82) is 5.26 Å². The first-order valence-electron chi connectivity index (χ1n) is 15.1. The smallest absolute Gasteiger partial charge is 0.303 e. The second kappa shape index (κ2) is 16.1. The van der Waals surface area contributed by atoms with Gasteiger partial charge in [0.15, 0.2) is 0 Å². The van der Waals surface area contributed by atoms with Crippen LogP contribution < -0.4 is 10.5 Å². The van der Waals surface area contributed by atoms with Gasteiger partial charge in [0.25, 0.3) is 11.5 Å². The van der Waals surface area contributed by atoms with Crippen LogP contribution in [0.5, 0.6) is 0 Å². The summed E-state index contributed by atoms with van der Waals surface area (Å²) in [7, 11) is 0. The summed E-state index contributed by atoms with van der Waals surface area (Å²) in [6, 6.07) is 2.13. The number of nitrogens with zero attached hydrogens (tertiary/aromatic N) is 4. The van der Waals surface area contributed by atoms with Crippen LogP contribution in [-0.4, -0.2) is 50.4 Å². The molecule has 1 atom stereocenters. The van der Waals surface area contributed by atoms with E-state index in [9.17, 15) is 19.6 Å². The molecule has 0 spiro atoms. The fourth-order valence-electron chi connectivity index (χ4n) is 5.73. The Labute approximate surface area is 253 Å². The van der Waals surface area contributed by atoms with Crippen molar-refractivity contribution in [3.8, 4) is 6.07 Å². The first-order valence-corrected chi connectivity index (χ1v) is 16.3. The minimum atomic E-state index is -0.727. The van der Waals surface area contributed by atoms with Crippen LogP contribution in [0.15, 0.2) is 9.70 Å². The molecule has 1 amide bonds. The van der Waals surface area contributed by atoms with E-state index in [0.29, 0.717) is 33.8 Å². The highest BCUT2D eigenvalue weighted by molar-refractivity contribution is 8.26. The van der Waals surface area contributed by atoms with E-state index in [2.05, 4.69) is 17.9 Å². The quantitative estimate of drug-likeness (QED) is 0.139. The maximum atomic E-state index is 13.5. The third kappa shape index (κ3) is 8.68. The molecule has 1 unspecified atom stereocenters. The number of aliphatic carboxylic acids is 1. The summed E-state index contributed by atoms with van der Waals surface area (Å²) in [6.07, 6.45) is 13.0. The number of hydrogen-bond acceptors (Lipinski definition) is 7. The van der Waals surface area contributed by atoms with Gasteiger partial charge in [0, 0.05) is 38.2 Å². The largest absolute Gasteiger partial charge is 0.481 e. The number of nitriles is 1. The Bertz CT molecular complexity index is 1250. The van der Waals surface area contributed by atoms with Gasteiger partial charge in [-0.25, -0.2) is 0 Å². The van der Waals surface area contributed by atoms with Crippen LogP contribution in [0.1, 0.15) is 108 Å². The molecule has 2 aliphatic rings. The lowest BCUT2D eigenvalue weighted by molar-refractivity contribution is -0.137. The number of hydrogen-bond donors (Lipinski definition) is 1. The van der Waals surface area contributed by atoms with Crippen molar-refractivity contribution in [3.63, 3.8) is 0 Å². The molecule has 10 heteroatoms. The lowest BCUT2D eigenvalue weighted by Crippen LogP contribution is -2.40. The Morgan fingerprint density at radius 3 is 2.39 bits per heavy atom. The van der Waals surface area contributed by atoms with Crippen molar-refractivity contribution >= 4 is 52.1 Å². The Morgan fingerprint density at radius 1 is 1.12 bits per heavy atom. The minimum absolute atomic E-state index is 0.109. The van der Waals surface area contributed by atoms with Gasteiger partial charge in [-0.05, 0) is 56.6 Å². The number of rotatable bonds is 15. The summed E-state index contributed by atoms with van der Waals surface area (Å²) in [5, 5.41) is 18.6. The zero-order valence-electron chi connectivity index (χ0n) is 24.7. The average molecular weight is 601 g/mol. The molecule has 0 aliphatic carbocycles. The van der Waals surface area contributed by atoms with Gasteiger partial charge in [0.2, 0.25) is 0 Å². The molecule has 3 rings (SSSR count). The molecule has 2 aliphatic heterocycles. The normalized spacial score (nSPS) is 18.4. The molecule has 2 saturated heterocycles. The maximum Gasteiger partial charge on any atom is 0.303 e. The number of anilines is 1. The van der Waals surface area contributed by atoms with Crippen LogP contribution in [0.4, 0.5) is 5.82 Å². The molecule has 0 saturated carbocycles. The summed E-state index contributed by atoms with van der Waals surface area (Å²) in [4.78, 5) is 41.9. The molecule has 2 fully saturated rings. The van der Waals surface area contributed by atoms with E-state index in [1.54, 1.807) is 9.47 Å². The van der Waals surface area contributed by atoms with Crippen LogP contribution in [0.3, 0.4) is 0 Å². The number of carbonyl (C=O) groups excluding carboxylic acids is 1. The van der Waals surface area contributed by atoms with E-state index in [-0.39, 0.29) is 23.5 Å². The maximum absolute atomic E-state index is 13.5. The Hall–Kier alpha value is -2.64. The molecule has 0 aromatic carbocycles. The number of unbranched alkanes of at least 4 members (excludes halogenated alkanes) is 7. The van der Waals surface area contributed by atoms with Gasteiger partial charge >= 0.3 is 5.97 Å². The third-order valence-electron chi connectivity index (χ3n) is 7.92. The summed E-state index contributed by atoms with van der Waals surface area (Å²) >= 11 is 6.90. The number of carboxylic acid groups (broad SMARTS) is 1. The molecule has 3 heterocycles. The minimum Gasteiger partial charge on any atom is -0.481 e. The predicted octanol–water partition coefficient (Wildman–Crippen LogP) is 6.47. The first-order chi connectivity index (χ1) is 19.7. The monoisotopic (exact) mass is 600 g/mol. The zero-order valence-corrected chi connectivity index (χ0v) is 26.4. The van der Waals surface area contributed by atoms with Crippen molar-refractivity contribution < 1.29 is 14.7 Å². The van der Waals surface area contributed by atoms with Crippen LogP contribution >= 0.6 is 24.0 Å². The van der Waals surface area contributed by atoms with Crippen molar-refractivity contribution in [3.05, 3.63) is 31.9 Å². The predicted molar refractivity (Wildman–Crippen MR) is 170 cm³/mol. The van der Waals surface area contributed by atoms with E-state index < -0.39 is 5.97 Å². The fraction of sp³-hybridized carbons (Fsp3) is 0.645. The van der Waals surface area contributed by atoms with Crippen molar-refractivity contribution in [2.75, 3.05) is 24.5 Å². The number of carboxylic acids is 1. The second-order valence-electron chi connectivity index (χ2n) is 11.3. The Kier molecular flexibility index (Phi) is 12.9. The van der Waals surface area contributed by atoms with Crippen LogP contribution in [0.2, 0.25) is 0 Å². The second-order valence-corrected chi connectivity index (χ2v) is 13.0. The Morgan fingerprint density at radius 2 is 1.78 bits per heavy atom. The van der Waals surface area contributed by atoms with Gasteiger partial charge in [0.1, 0.15) is 21.8 Å². The summed E-state index contributed by atoms with van der Waals surface area (Å²) in [6.45, 7) is 8.81. The van der Waals surface area contributed by atoms with E-state index in [1.807, 2.05) is 19.9 Å². The zero-order chi connectivity index (χ0) is 29.9. The number of carbonyl (C=O) groups is 2. The van der Waals surface area contributed by atoms with Gasteiger partial charge in [-0.3, -0.25) is 23.9 Å². The van der Waals surface area contributed by atoms with E-state index in [0.717, 1.165) is 95.1 Å². The number of thiocarbonyl (C=S) groups is 1. The van der Waals surface area contributed by atoms with Gasteiger partial charge in [-0.15, -0.1) is 0 Å². The molecule has 8 nitrogen and oxygen atoms in total. The van der Waals surface area contributed by atoms with E-state index in [1.165, 1.54) is 11.8 Å². The molecule has 224 valence electrons. The van der Waals surface area contributed by atoms with E-state index in [4.69, 9.17) is 17.3 Å². The van der Waals surface area contributed by atoms with Crippen molar-refractivity contribution in [1.82, 2.24) is 9.47 Å². The highest BCUT2D eigenvalue weighted by Crippen LogP contribution is 2.37.